The molecule has 0 radical (unpaired) electrons. The minimum Gasteiger partial charge on any atom is -0.493 e. The SMILES string of the molecule is C=COc1cc(-n2ccc(OCC)c(C(=O)Cc3ccc(Oc4ccnc(N)c4Cl)c(F)c3)c2=O)ccc1F. The maximum absolute atomic E-state index is 14.9. The quantitative estimate of drug-likeness (QED) is 0.193. The summed E-state index contributed by atoms with van der Waals surface area (Å²) < 4.78 is 46.1. The lowest BCUT2D eigenvalue weighted by Gasteiger charge is -2.14. The number of benzene rings is 2. The van der Waals surface area contributed by atoms with Crippen LogP contribution in [-0.2, 0) is 6.42 Å². The molecular weight excluding hydrogens is 532 g/mol. The molecule has 0 bridgehead atoms. The minimum atomic E-state index is -0.761. The number of carbonyl (C=O) groups is 1. The fraction of sp³-hybridized carbons (Fsp3) is 0.107. The number of nitrogen functional groups attached to an aromatic ring is 1. The zero-order valence-corrected chi connectivity index (χ0v) is 21.4. The summed E-state index contributed by atoms with van der Waals surface area (Å²) in [5.41, 5.74) is 5.24. The lowest BCUT2D eigenvalue weighted by molar-refractivity contribution is 0.0987. The average Bonchev–Trinajstić information content (AvgIpc) is 2.90. The van der Waals surface area contributed by atoms with Crippen molar-refractivity contribution in [3.63, 3.8) is 0 Å². The zero-order valence-electron chi connectivity index (χ0n) is 20.6. The van der Waals surface area contributed by atoms with Crippen molar-refractivity contribution in [1.29, 1.82) is 0 Å². The van der Waals surface area contributed by atoms with E-state index >= 15 is 0 Å². The van der Waals surface area contributed by atoms with Gasteiger partial charge in [-0.05, 0) is 42.8 Å². The van der Waals surface area contributed by atoms with Gasteiger partial charge in [0, 0.05) is 30.9 Å². The summed E-state index contributed by atoms with van der Waals surface area (Å²) in [6.07, 6.45) is 3.50. The van der Waals surface area contributed by atoms with Gasteiger partial charge in [-0.3, -0.25) is 14.2 Å². The number of halogens is 3. The van der Waals surface area contributed by atoms with Crippen LogP contribution in [0.25, 0.3) is 5.69 Å². The van der Waals surface area contributed by atoms with Crippen molar-refractivity contribution in [3.8, 4) is 28.7 Å². The van der Waals surface area contributed by atoms with Crippen molar-refractivity contribution in [3.05, 3.63) is 112 Å². The molecule has 0 atom stereocenters. The summed E-state index contributed by atoms with van der Waals surface area (Å²) in [4.78, 5) is 30.6. The Balaban J connectivity index is 1.65. The number of pyridine rings is 2. The minimum absolute atomic E-state index is 0.0282. The van der Waals surface area contributed by atoms with Gasteiger partial charge in [0.05, 0.1) is 18.6 Å². The monoisotopic (exact) mass is 553 g/mol. The zero-order chi connectivity index (χ0) is 28.1. The molecule has 4 rings (SSSR count). The molecule has 0 fully saturated rings. The third-order valence-corrected chi connectivity index (χ3v) is 5.88. The Hall–Kier alpha value is -4.70. The van der Waals surface area contributed by atoms with Crippen LogP contribution in [0.2, 0.25) is 5.02 Å². The number of hydrogen-bond acceptors (Lipinski definition) is 7. The van der Waals surface area contributed by atoms with Gasteiger partial charge in [-0.1, -0.05) is 24.2 Å². The van der Waals surface area contributed by atoms with E-state index in [4.69, 9.17) is 31.5 Å². The number of anilines is 1. The number of ketones is 1. The van der Waals surface area contributed by atoms with Crippen LogP contribution < -0.4 is 25.5 Å². The maximum Gasteiger partial charge on any atom is 0.269 e. The summed E-state index contributed by atoms with van der Waals surface area (Å²) in [7, 11) is 0. The molecule has 0 aliphatic rings. The van der Waals surface area contributed by atoms with Crippen LogP contribution >= 0.6 is 11.6 Å². The Morgan fingerprint density at radius 1 is 1.08 bits per heavy atom. The van der Waals surface area contributed by atoms with Crippen LogP contribution in [0.5, 0.6) is 23.0 Å². The molecule has 2 aromatic carbocycles. The predicted octanol–water partition coefficient (Wildman–Crippen LogP) is 5.89. The summed E-state index contributed by atoms with van der Waals surface area (Å²) in [6, 6.07) is 10.6. The van der Waals surface area contributed by atoms with Gasteiger partial charge in [-0.25, -0.2) is 13.8 Å². The summed E-state index contributed by atoms with van der Waals surface area (Å²) >= 11 is 6.05. The Morgan fingerprint density at radius 2 is 1.87 bits per heavy atom. The normalized spacial score (nSPS) is 10.7. The fourth-order valence-electron chi connectivity index (χ4n) is 3.73. The molecule has 2 N–H and O–H groups in total. The van der Waals surface area contributed by atoms with E-state index in [1.807, 2.05) is 0 Å². The van der Waals surface area contributed by atoms with Gasteiger partial charge >= 0.3 is 0 Å². The second kappa shape index (κ2) is 11.8. The van der Waals surface area contributed by atoms with Crippen molar-refractivity contribution >= 4 is 23.2 Å². The molecule has 4 aromatic rings. The first kappa shape index (κ1) is 27.3. The molecule has 39 heavy (non-hydrogen) atoms. The highest BCUT2D eigenvalue weighted by Gasteiger charge is 2.21. The molecule has 2 aromatic heterocycles. The van der Waals surface area contributed by atoms with Crippen molar-refractivity contribution in [1.82, 2.24) is 9.55 Å². The van der Waals surface area contributed by atoms with Crippen LogP contribution in [0.4, 0.5) is 14.6 Å². The highest BCUT2D eigenvalue weighted by Crippen LogP contribution is 2.33. The first-order valence-corrected chi connectivity index (χ1v) is 12.0. The molecule has 0 saturated carbocycles. The van der Waals surface area contributed by atoms with Crippen LogP contribution in [0.3, 0.4) is 0 Å². The Labute approximate surface area is 226 Å². The number of aromatic nitrogens is 2. The van der Waals surface area contributed by atoms with Gasteiger partial charge < -0.3 is 19.9 Å². The summed E-state index contributed by atoms with van der Waals surface area (Å²) in [5, 5.41) is 0.0318. The van der Waals surface area contributed by atoms with E-state index in [0.717, 1.165) is 23.0 Å². The van der Waals surface area contributed by atoms with Gasteiger partial charge in [0.25, 0.3) is 5.56 Å². The van der Waals surface area contributed by atoms with E-state index < -0.39 is 23.0 Å². The number of nitrogens with two attached hydrogens (primary N) is 1. The Kier molecular flexibility index (Phi) is 8.26. The fourth-order valence-corrected chi connectivity index (χ4v) is 3.88. The number of rotatable bonds is 10. The van der Waals surface area contributed by atoms with Gasteiger partial charge in [0.1, 0.15) is 22.2 Å². The van der Waals surface area contributed by atoms with E-state index in [1.54, 1.807) is 6.92 Å². The number of ether oxygens (including phenoxy) is 3. The molecular formula is C28H22ClF2N3O5. The highest BCUT2D eigenvalue weighted by molar-refractivity contribution is 6.34. The van der Waals surface area contributed by atoms with Gasteiger partial charge in [0.2, 0.25) is 0 Å². The molecule has 0 aliphatic heterocycles. The van der Waals surface area contributed by atoms with Crippen LogP contribution in [0.15, 0.2) is 78.6 Å². The molecule has 200 valence electrons. The van der Waals surface area contributed by atoms with Crippen molar-refractivity contribution < 1.29 is 27.8 Å². The number of hydrogen-bond donors (Lipinski definition) is 1. The second-order valence-electron chi connectivity index (χ2n) is 8.04. The van der Waals surface area contributed by atoms with Crippen LogP contribution in [-0.4, -0.2) is 21.9 Å². The first-order chi connectivity index (χ1) is 18.7. The summed E-state index contributed by atoms with van der Waals surface area (Å²) in [6.45, 7) is 5.30. The Morgan fingerprint density at radius 3 is 2.59 bits per heavy atom. The van der Waals surface area contributed by atoms with E-state index in [0.29, 0.717) is 0 Å². The predicted molar refractivity (Wildman–Crippen MR) is 142 cm³/mol. The maximum atomic E-state index is 14.9. The summed E-state index contributed by atoms with van der Waals surface area (Å²) in [5.74, 6) is -2.11. The van der Waals surface area contributed by atoms with Gasteiger partial charge in [-0.15, -0.1) is 0 Å². The standard InChI is InChI=1S/C28H22ClF2N3O5/c1-3-37-22-10-12-34(17-6-7-18(30)24(15-17)38-4-2)28(36)25(22)20(35)14-16-5-8-21(19(31)13-16)39-23-9-11-33-27(32)26(23)29/h4-13,15H,2-3,14H2,1H3,(H2,32,33). The molecule has 0 unspecified atom stereocenters. The van der Waals surface area contributed by atoms with Crippen molar-refractivity contribution in [2.45, 2.75) is 13.3 Å². The third kappa shape index (κ3) is 5.91. The second-order valence-corrected chi connectivity index (χ2v) is 8.42. The lowest BCUT2D eigenvalue weighted by Crippen LogP contribution is -2.27. The molecule has 8 nitrogen and oxygen atoms in total. The number of Topliss-reactive ketones (excluding diaryl/α,β-unsaturated/α-hetero) is 1. The number of carbonyl (C=O) groups excluding carboxylic acids is 1. The highest BCUT2D eigenvalue weighted by atomic mass is 35.5. The molecule has 2 heterocycles. The lowest BCUT2D eigenvalue weighted by atomic mass is 10.0. The van der Waals surface area contributed by atoms with Crippen molar-refractivity contribution in [2.24, 2.45) is 0 Å². The van der Waals surface area contributed by atoms with E-state index in [1.165, 1.54) is 48.8 Å². The third-order valence-electron chi connectivity index (χ3n) is 5.50. The van der Waals surface area contributed by atoms with Gasteiger partial charge in [-0.2, -0.15) is 0 Å². The van der Waals surface area contributed by atoms with Crippen molar-refractivity contribution in [2.75, 3.05) is 12.3 Å². The van der Waals surface area contributed by atoms with Crippen LogP contribution in [0, 0.1) is 11.6 Å². The topological polar surface area (TPSA) is 106 Å². The molecule has 0 aliphatic carbocycles. The first-order valence-electron chi connectivity index (χ1n) is 11.6. The van der Waals surface area contributed by atoms with E-state index in [2.05, 4.69) is 11.6 Å². The van der Waals surface area contributed by atoms with E-state index in [9.17, 15) is 18.4 Å². The average molecular weight is 554 g/mol. The molecule has 0 amide bonds. The molecule has 0 spiro atoms. The van der Waals surface area contributed by atoms with Crippen LogP contribution in [0.1, 0.15) is 22.8 Å². The Bertz CT molecular complexity index is 1620. The molecule has 0 saturated heterocycles. The largest absolute Gasteiger partial charge is 0.493 e. The number of nitrogens with zero attached hydrogens (tertiary/aromatic N) is 2. The van der Waals surface area contributed by atoms with E-state index in [-0.39, 0.29) is 63.7 Å². The smallest absolute Gasteiger partial charge is 0.269 e. The van der Waals surface area contributed by atoms with Gasteiger partial charge in [0.15, 0.2) is 34.7 Å². The molecule has 11 heteroatoms.